The Morgan fingerprint density at radius 1 is 1.38 bits per heavy atom. The van der Waals surface area contributed by atoms with Gasteiger partial charge in [-0.15, -0.1) is 0 Å². The average Bonchev–Trinajstić information content (AvgIpc) is 2.82. The van der Waals surface area contributed by atoms with Crippen LogP contribution < -0.4 is 5.32 Å². The van der Waals surface area contributed by atoms with Gasteiger partial charge in [-0.05, 0) is 12.8 Å². The molecule has 1 aromatic rings. The molecular weight excluding hydrogens is 202 g/mol. The zero-order valence-corrected chi connectivity index (χ0v) is 9.99. The van der Waals surface area contributed by atoms with Crippen LogP contribution in [0.25, 0.3) is 0 Å². The largest absolute Gasteiger partial charge is 0.378 e. The second kappa shape index (κ2) is 5.25. The number of anilines is 1. The van der Waals surface area contributed by atoms with Crippen LogP contribution in [0.5, 0.6) is 0 Å². The molecule has 16 heavy (non-hydrogen) atoms. The summed E-state index contributed by atoms with van der Waals surface area (Å²) in [5.74, 6) is 2.42. The summed E-state index contributed by atoms with van der Waals surface area (Å²) in [7, 11) is 3.58. The lowest BCUT2D eigenvalue weighted by atomic mass is 10.1. The van der Waals surface area contributed by atoms with Crippen molar-refractivity contribution in [1.82, 2.24) is 9.97 Å². The Morgan fingerprint density at radius 2 is 2.12 bits per heavy atom. The molecule has 4 heteroatoms. The molecule has 0 unspecified atom stereocenters. The van der Waals surface area contributed by atoms with Gasteiger partial charge in [0.25, 0.3) is 0 Å². The van der Waals surface area contributed by atoms with Crippen LogP contribution in [0.1, 0.15) is 43.1 Å². The van der Waals surface area contributed by atoms with E-state index in [-0.39, 0.29) is 0 Å². The van der Waals surface area contributed by atoms with Crippen LogP contribution in [-0.4, -0.2) is 24.1 Å². The fourth-order valence-electron chi connectivity index (χ4n) is 2.23. The van der Waals surface area contributed by atoms with Gasteiger partial charge in [0.1, 0.15) is 11.6 Å². The lowest BCUT2D eigenvalue weighted by Gasteiger charge is -2.11. The van der Waals surface area contributed by atoms with Crippen LogP contribution in [0.4, 0.5) is 5.82 Å². The Kier molecular flexibility index (Phi) is 3.72. The number of nitrogens with one attached hydrogen (secondary N) is 1. The second-order valence-electron chi connectivity index (χ2n) is 4.27. The molecule has 1 fully saturated rings. The Labute approximate surface area is 96.4 Å². The zero-order chi connectivity index (χ0) is 11.4. The van der Waals surface area contributed by atoms with Crippen LogP contribution in [-0.2, 0) is 11.3 Å². The van der Waals surface area contributed by atoms with Crippen molar-refractivity contribution in [3.63, 3.8) is 0 Å². The minimum Gasteiger partial charge on any atom is -0.378 e. The zero-order valence-electron chi connectivity index (χ0n) is 9.99. The van der Waals surface area contributed by atoms with Crippen molar-refractivity contribution in [1.29, 1.82) is 0 Å². The molecule has 1 aliphatic rings. The molecule has 0 aliphatic heterocycles. The number of ether oxygens (including phenoxy) is 1. The van der Waals surface area contributed by atoms with E-state index in [0.717, 1.165) is 17.3 Å². The molecule has 88 valence electrons. The van der Waals surface area contributed by atoms with E-state index in [4.69, 9.17) is 4.74 Å². The fourth-order valence-corrected chi connectivity index (χ4v) is 2.23. The van der Waals surface area contributed by atoms with Crippen molar-refractivity contribution >= 4 is 5.82 Å². The highest BCUT2D eigenvalue weighted by Gasteiger charge is 2.20. The average molecular weight is 221 g/mol. The predicted octanol–water partition coefficient (Wildman–Crippen LogP) is 2.32. The number of aromatic nitrogens is 2. The van der Waals surface area contributed by atoms with E-state index in [9.17, 15) is 0 Å². The van der Waals surface area contributed by atoms with Crippen LogP contribution in [0.2, 0.25) is 0 Å². The third-order valence-corrected chi connectivity index (χ3v) is 3.07. The van der Waals surface area contributed by atoms with Crippen molar-refractivity contribution < 1.29 is 4.74 Å². The summed E-state index contributed by atoms with van der Waals surface area (Å²) in [6, 6.07) is 1.95. The quantitative estimate of drug-likeness (QED) is 0.847. The van der Waals surface area contributed by atoms with Gasteiger partial charge in [-0.25, -0.2) is 9.97 Å². The first-order valence-electron chi connectivity index (χ1n) is 5.88. The maximum absolute atomic E-state index is 5.13. The third kappa shape index (κ3) is 2.50. The van der Waals surface area contributed by atoms with Gasteiger partial charge in [0.2, 0.25) is 0 Å². The van der Waals surface area contributed by atoms with E-state index >= 15 is 0 Å². The minimum absolute atomic E-state index is 0.545. The van der Waals surface area contributed by atoms with Crippen LogP contribution in [0, 0.1) is 0 Å². The Bertz CT molecular complexity index is 348. The van der Waals surface area contributed by atoms with Gasteiger partial charge in [-0.1, -0.05) is 12.8 Å². The summed E-state index contributed by atoms with van der Waals surface area (Å²) in [5.41, 5.74) is 0.962. The molecule has 0 atom stereocenters. The topological polar surface area (TPSA) is 47.0 Å². The Balaban J connectivity index is 2.24. The molecule has 0 amide bonds. The number of rotatable bonds is 4. The standard InChI is InChI=1S/C12H19N3O/c1-13-11-7-10(8-16-2)14-12(15-11)9-5-3-4-6-9/h7,9H,3-6,8H2,1-2H3,(H,13,14,15). The smallest absolute Gasteiger partial charge is 0.134 e. The molecule has 1 saturated carbocycles. The molecule has 2 rings (SSSR count). The minimum atomic E-state index is 0.545. The molecule has 1 N–H and O–H groups in total. The lowest BCUT2D eigenvalue weighted by Crippen LogP contribution is -2.07. The number of methoxy groups -OCH3 is 1. The van der Waals surface area contributed by atoms with Crippen molar-refractivity contribution in [2.24, 2.45) is 0 Å². The number of nitrogens with zero attached hydrogens (tertiary/aromatic N) is 2. The van der Waals surface area contributed by atoms with Crippen LogP contribution in [0.15, 0.2) is 6.07 Å². The van der Waals surface area contributed by atoms with E-state index in [1.54, 1.807) is 7.11 Å². The lowest BCUT2D eigenvalue weighted by molar-refractivity contribution is 0.181. The van der Waals surface area contributed by atoms with E-state index in [1.165, 1.54) is 25.7 Å². The first-order chi connectivity index (χ1) is 7.83. The van der Waals surface area contributed by atoms with Crippen molar-refractivity contribution in [2.75, 3.05) is 19.5 Å². The third-order valence-electron chi connectivity index (χ3n) is 3.07. The highest BCUT2D eigenvalue weighted by Crippen LogP contribution is 2.32. The summed E-state index contributed by atoms with van der Waals surface area (Å²) in [6.07, 6.45) is 5.05. The second-order valence-corrected chi connectivity index (χ2v) is 4.27. The molecule has 0 radical (unpaired) electrons. The molecule has 1 aliphatic carbocycles. The summed E-state index contributed by atoms with van der Waals surface area (Å²) >= 11 is 0. The molecular formula is C12H19N3O. The SMILES string of the molecule is CNc1cc(COC)nc(C2CCCC2)n1. The summed E-state index contributed by atoms with van der Waals surface area (Å²) in [6.45, 7) is 0.552. The summed E-state index contributed by atoms with van der Waals surface area (Å²) < 4.78 is 5.13. The van der Waals surface area contributed by atoms with Gasteiger partial charge in [0.05, 0.1) is 12.3 Å². The predicted molar refractivity (Wildman–Crippen MR) is 63.5 cm³/mol. The normalized spacial score (nSPS) is 16.6. The van der Waals surface area contributed by atoms with Crippen molar-refractivity contribution in [3.8, 4) is 0 Å². The van der Waals surface area contributed by atoms with Gasteiger partial charge in [0.15, 0.2) is 0 Å². The maximum Gasteiger partial charge on any atom is 0.134 e. The van der Waals surface area contributed by atoms with E-state index in [1.807, 2.05) is 13.1 Å². The van der Waals surface area contributed by atoms with Gasteiger partial charge < -0.3 is 10.1 Å². The Morgan fingerprint density at radius 3 is 2.75 bits per heavy atom. The molecule has 0 aromatic carbocycles. The molecule has 4 nitrogen and oxygen atoms in total. The van der Waals surface area contributed by atoms with Crippen molar-refractivity contribution in [3.05, 3.63) is 17.6 Å². The van der Waals surface area contributed by atoms with Gasteiger partial charge in [-0.3, -0.25) is 0 Å². The van der Waals surface area contributed by atoms with Gasteiger partial charge >= 0.3 is 0 Å². The van der Waals surface area contributed by atoms with Gasteiger partial charge in [-0.2, -0.15) is 0 Å². The summed E-state index contributed by atoms with van der Waals surface area (Å²) in [4.78, 5) is 9.12. The Hall–Kier alpha value is -1.16. The number of hydrogen-bond donors (Lipinski definition) is 1. The van der Waals surface area contributed by atoms with E-state index in [0.29, 0.717) is 12.5 Å². The fraction of sp³-hybridized carbons (Fsp3) is 0.667. The highest BCUT2D eigenvalue weighted by atomic mass is 16.5. The van der Waals surface area contributed by atoms with Crippen LogP contribution in [0.3, 0.4) is 0 Å². The first-order valence-corrected chi connectivity index (χ1v) is 5.88. The molecule has 0 saturated heterocycles. The number of hydrogen-bond acceptors (Lipinski definition) is 4. The molecule has 1 aromatic heterocycles. The molecule has 0 spiro atoms. The summed E-state index contributed by atoms with van der Waals surface area (Å²) in [5, 5.41) is 3.08. The van der Waals surface area contributed by atoms with Crippen molar-refractivity contribution in [2.45, 2.75) is 38.2 Å². The maximum atomic E-state index is 5.13. The van der Waals surface area contributed by atoms with Gasteiger partial charge in [0, 0.05) is 26.1 Å². The van der Waals surface area contributed by atoms with E-state index in [2.05, 4.69) is 15.3 Å². The first kappa shape index (κ1) is 11.3. The van der Waals surface area contributed by atoms with Crippen LogP contribution >= 0.6 is 0 Å². The molecule has 0 bridgehead atoms. The monoisotopic (exact) mass is 221 g/mol. The molecule has 1 heterocycles. The van der Waals surface area contributed by atoms with E-state index < -0.39 is 0 Å². The highest BCUT2D eigenvalue weighted by molar-refractivity contribution is 5.35.